The summed E-state index contributed by atoms with van der Waals surface area (Å²) in [6, 6.07) is 2.70. The fourth-order valence-corrected chi connectivity index (χ4v) is 4.71. The molecule has 0 saturated carbocycles. The molecule has 3 aromatic rings. The van der Waals surface area contributed by atoms with E-state index in [0.717, 1.165) is 46.9 Å². The fraction of sp³-hybridized carbons (Fsp3) is 0.381. The lowest BCUT2D eigenvalue weighted by Crippen LogP contribution is -2.43. The lowest BCUT2D eigenvalue weighted by atomic mass is 9.97. The van der Waals surface area contributed by atoms with E-state index >= 15 is 0 Å². The zero-order valence-electron chi connectivity index (χ0n) is 17.8. The van der Waals surface area contributed by atoms with Crippen LogP contribution in [0.3, 0.4) is 0 Å². The van der Waals surface area contributed by atoms with Gasteiger partial charge in [-0.1, -0.05) is 11.3 Å². The number of thiazole rings is 1. The number of aromatic nitrogens is 3. The standard InChI is InChI=1S/C21H22F2N6O3S/c1-2-24-19(31)12-4-3-7-28(9-12)21-27-18-17(33-21)20(32)29(11-25-18)10-16(30)26-15-8-13(22)5-6-14(15)23/h5-6,8,11-12H,2-4,7,9-10H2,1H3,(H,24,31)(H,26,30)/t12-/m1/s1. The summed E-state index contributed by atoms with van der Waals surface area (Å²) in [6.45, 7) is 3.23. The van der Waals surface area contributed by atoms with Gasteiger partial charge in [0.25, 0.3) is 5.56 Å². The quantitative estimate of drug-likeness (QED) is 0.564. The summed E-state index contributed by atoms with van der Waals surface area (Å²) in [5, 5.41) is 5.69. The van der Waals surface area contributed by atoms with Gasteiger partial charge in [-0.25, -0.2) is 13.8 Å². The van der Waals surface area contributed by atoms with E-state index in [-0.39, 0.29) is 27.9 Å². The summed E-state index contributed by atoms with van der Waals surface area (Å²) in [4.78, 5) is 48.0. The van der Waals surface area contributed by atoms with E-state index in [1.165, 1.54) is 6.33 Å². The Bertz CT molecular complexity index is 1260. The molecule has 12 heteroatoms. The number of hydrogen-bond donors (Lipinski definition) is 2. The zero-order chi connectivity index (χ0) is 23.5. The first kappa shape index (κ1) is 22.8. The number of carbonyl (C=O) groups is 2. The lowest BCUT2D eigenvalue weighted by molar-refractivity contribution is -0.125. The van der Waals surface area contributed by atoms with Crippen LogP contribution in [-0.2, 0) is 16.1 Å². The Morgan fingerprint density at radius 3 is 2.91 bits per heavy atom. The molecular weight excluding hydrogens is 454 g/mol. The molecule has 1 fully saturated rings. The molecule has 2 amide bonds. The molecule has 0 spiro atoms. The summed E-state index contributed by atoms with van der Waals surface area (Å²) in [6.07, 6.45) is 2.81. The maximum absolute atomic E-state index is 13.8. The Labute approximate surface area is 191 Å². The molecule has 1 aliphatic heterocycles. The van der Waals surface area contributed by atoms with Crippen LogP contribution in [0.1, 0.15) is 19.8 Å². The largest absolute Gasteiger partial charge is 0.356 e. The molecule has 1 aromatic carbocycles. The molecule has 4 rings (SSSR count). The highest BCUT2D eigenvalue weighted by molar-refractivity contribution is 7.22. The SMILES string of the molecule is CCNC(=O)[C@@H]1CCCN(c2nc3ncn(CC(=O)Nc4cc(F)ccc4F)c(=O)c3s2)C1. The Hall–Kier alpha value is -3.41. The van der Waals surface area contributed by atoms with E-state index in [9.17, 15) is 23.2 Å². The van der Waals surface area contributed by atoms with E-state index < -0.39 is 29.6 Å². The van der Waals surface area contributed by atoms with Gasteiger partial charge in [-0.2, -0.15) is 4.98 Å². The minimum Gasteiger partial charge on any atom is -0.356 e. The summed E-state index contributed by atoms with van der Waals surface area (Å²) in [5.41, 5.74) is -0.516. The molecule has 174 valence electrons. The van der Waals surface area contributed by atoms with E-state index in [1.54, 1.807) is 0 Å². The van der Waals surface area contributed by atoms with Crippen molar-refractivity contribution in [2.75, 3.05) is 29.9 Å². The highest BCUT2D eigenvalue weighted by Crippen LogP contribution is 2.29. The average molecular weight is 477 g/mol. The van der Waals surface area contributed by atoms with Crippen molar-refractivity contribution in [2.45, 2.75) is 26.3 Å². The van der Waals surface area contributed by atoms with Crippen molar-refractivity contribution in [1.29, 1.82) is 0 Å². The van der Waals surface area contributed by atoms with Gasteiger partial charge in [-0.05, 0) is 31.9 Å². The van der Waals surface area contributed by atoms with Crippen molar-refractivity contribution in [3.8, 4) is 0 Å². The maximum atomic E-state index is 13.8. The molecule has 3 heterocycles. The number of hydrogen-bond acceptors (Lipinski definition) is 7. The number of fused-ring (bicyclic) bond motifs is 1. The summed E-state index contributed by atoms with van der Waals surface area (Å²) in [5.74, 6) is -2.33. The lowest BCUT2D eigenvalue weighted by Gasteiger charge is -2.31. The van der Waals surface area contributed by atoms with E-state index in [2.05, 4.69) is 20.6 Å². The number of carbonyl (C=O) groups excluding carboxylic acids is 2. The second-order valence-electron chi connectivity index (χ2n) is 7.68. The minimum atomic E-state index is -0.787. The average Bonchev–Trinajstić information content (AvgIpc) is 3.24. The van der Waals surface area contributed by atoms with Crippen molar-refractivity contribution in [1.82, 2.24) is 19.9 Å². The predicted octanol–water partition coefficient (Wildman–Crippen LogP) is 2.12. The van der Waals surface area contributed by atoms with Gasteiger partial charge in [0.2, 0.25) is 11.8 Å². The number of halogens is 2. The third-order valence-electron chi connectivity index (χ3n) is 5.30. The fourth-order valence-electron chi connectivity index (χ4n) is 3.70. The van der Waals surface area contributed by atoms with Gasteiger partial charge in [0.1, 0.15) is 29.2 Å². The van der Waals surface area contributed by atoms with E-state index in [1.807, 2.05) is 11.8 Å². The topological polar surface area (TPSA) is 109 Å². The van der Waals surface area contributed by atoms with Crippen molar-refractivity contribution < 1.29 is 18.4 Å². The first-order valence-corrected chi connectivity index (χ1v) is 11.3. The molecule has 0 aliphatic carbocycles. The van der Waals surface area contributed by atoms with E-state index in [0.29, 0.717) is 24.8 Å². The van der Waals surface area contributed by atoms with Gasteiger partial charge in [0.15, 0.2) is 10.8 Å². The molecule has 0 bridgehead atoms. The molecule has 2 aromatic heterocycles. The zero-order valence-corrected chi connectivity index (χ0v) is 18.6. The first-order valence-electron chi connectivity index (χ1n) is 10.5. The first-order chi connectivity index (χ1) is 15.9. The van der Waals surface area contributed by atoms with E-state index in [4.69, 9.17) is 0 Å². The molecule has 33 heavy (non-hydrogen) atoms. The molecular formula is C21H22F2N6O3S. The number of anilines is 2. The van der Waals surface area contributed by atoms with Crippen molar-refractivity contribution in [2.24, 2.45) is 5.92 Å². The number of piperidine rings is 1. The molecule has 0 radical (unpaired) electrons. The van der Waals surface area contributed by atoms with Crippen LogP contribution in [0.5, 0.6) is 0 Å². The Balaban J connectivity index is 1.51. The van der Waals surface area contributed by atoms with Crippen LogP contribution in [0.25, 0.3) is 10.3 Å². The van der Waals surface area contributed by atoms with Crippen molar-refractivity contribution >= 4 is 44.3 Å². The maximum Gasteiger partial charge on any atom is 0.273 e. The molecule has 1 saturated heterocycles. The number of nitrogens with one attached hydrogen (secondary N) is 2. The van der Waals surface area contributed by atoms with Crippen molar-refractivity contribution in [3.05, 3.63) is 46.5 Å². The second-order valence-corrected chi connectivity index (χ2v) is 8.66. The molecule has 1 aliphatic rings. The number of nitrogens with zero attached hydrogens (tertiary/aromatic N) is 4. The van der Waals surface area contributed by atoms with Crippen LogP contribution < -0.4 is 21.1 Å². The monoisotopic (exact) mass is 476 g/mol. The number of amides is 2. The smallest absolute Gasteiger partial charge is 0.273 e. The Morgan fingerprint density at radius 1 is 1.30 bits per heavy atom. The Kier molecular flexibility index (Phi) is 6.63. The molecule has 2 N–H and O–H groups in total. The third-order valence-corrected chi connectivity index (χ3v) is 6.40. The summed E-state index contributed by atoms with van der Waals surface area (Å²) in [7, 11) is 0. The van der Waals surface area contributed by atoms with Gasteiger partial charge < -0.3 is 15.5 Å². The third kappa shape index (κ3) is 5.00. The second kappa shape index (κ2) is 9.61. The van der Waals surface area contributed by atoms with Crippen molar-refractivity contribution in [3.63, 3.8) is 0 Å². The van der Waals surface area contributed by atoms with Crippen LogP contribution in [0.2, 0.25) is 0 Å². The normalized spacial score (nSPS) is 16.1. The molecule has 9 nitrogen and oxygen atoms in total. The highest BCUT2D eigenvalue weighted by atomic mass is 32.1. The summed E-state index contributed by atoms with van der Waals surface area (Å²) < 4.78 is 28.4. The van der Waals surface area contributed by atoms with Crippen LogP contribution >= 0.6 is 11.3 Å². The van der Waals surface area contributed by atoms with Gasteiger partial charge >= 0.3 is 0 Å². The van der Waals surface area contributed by atoms with Crippen LogP contribution in [0, 0.1) is 17.6 Å². The minimum absolute atomic E-state index is 0.00420. The van der Waals surface area contributed by atoms with Crippen LogP contribution in [0.15, 0.2) is 29.3 Å². The predicted molar refractivity (Wildman–Crippen MR) is 120 cm³/mol. The highest BCUT2D eigenvalue weighted by Gasteiger charge is 2.27. The van der Waals surface area contributed by atoms with Crippen LogP contribution in [-0.4, -0.2) is 46.0 Å². The number of rotatable bonds is 6. The molecule has 0 unspecified atom stereocenters. The summed E-state index contributed by atoms with van der Waals surface area (Å²) >= 11 is 1.15. The number of benzene rings is 1. The van der Waals surface area contributed by atoms with Gasteiger partial charge in [0.05, 0.1) is 11.6 Å². The molecule has 1 atom stereocenters. The van der Waals surface area contributed by atoms with Gasteiger partial charge in [-0.15, -0.1) is 0 Å². The Morgan fingerprint density at radius 2 is 2.12 bits per heavy atom. The van der Waals surface area contributed by atoms with Crippen LogP contribution in [0.4, 0.5) is 19.6 Å². The van der Waals surface area contributed by atoms with Gasteiger partial charge in [-0.3, -0.25) is 19.0 Å². The van der Waals surface area contributed by atoms with Gasteiger partial charge in [0, 0.05) is 25.7 Å².